The van der Waals surface area contributed by atoms with Gasteiger partial charge in [-0.15, -0.1) is 0 Å². The predicted octanol–water partition coefficient (Wildman–Crippen LogP) is 2.30. The van der Waals surface area contributed by atoms with Crippen LogP contribution in [0.25, 0.3) is 0 Å². The molecule has 0 fully saturated rings. The molecule has 1 aromatic carbocycles. The number of thioether (sulfide) groups is 1. The maximum Gasteiger partial charge on any atom is 0.0897 e. The van der Waals surface area contributed by atoms with E-state index in [4.69, 9.17) is 4.74 Å². The van der Waals surface area contributed by atoms with Crippen molar-refractivity contribution in [2.24, 2.45) is 0 Å². The minimum Gasteiger partial charge on any atom is -0.389 e. The van der Waals surface area contributed by atoms with E-state index in [1.807, 2.05) is 42.1 Å². The third kappa shape index (κ3) is 9.05. The smallest absolute Gasteiger partial charge is 0.0897 e. The Morgan fingerprint density at radius 2 is 2.05 bits per heavy atom. The van der Waals surface area contributed by atoms with Gasteiger partial charge in [-0.25, -0.2) is 0 Å². The minimum atomic E-state index is -0.427. The molecule has 0 amide bonds. The summed E-state index contributed by atoms with van der Waals surface area (Å²) in [5.74, 6) is 1.21. The Morgan fingerprint density at radius 3 is 2.79 bits per heavy atom. The molecule has 4 heteroatoms. The average Bonchev–Trinajstić information content (AvgIpc) is 2.44. The summed E-state index contributed by atoms with van der Waals surface area (Å²) >= 11 is 1.88. The molecule has 19 heavy (non-hydrogen) atoms. The fraction of sp³-hybridized carbons (Fsp3) is 0.600. The Bertz CT molecular complexity index is 308. The van der Waals surface area contributed by atoms with Crippen molar-refractivity contribution in [1.82, 2.24) is 5.32 Å². The van der Waals surface area contributed by atoms with Crippen molar-refractivity contribution in [2.75, 3.05) is 31.7 Å². The first-order valence-corrected chi connectivity index (χ1v) is 8.21. The molecule has 3 nitrogen and oxygen atoms in total. The molecule has 108 valence electrons. The summed E-state index contributed by atoms with van der Waals surface area (Å²) < 4.78 is 5.48. The number of rotatable bonds is 11. The van der Waals surface area contributed by atoms with E-state index in [0.717, 1.165) is 12.1 Å². The Labute approximate surface area is 120 Å². The Balaban J connectivity index is 1.94. The average molecular weight is 283 g/mol. The first kappa shape index (κ1) is 16.5. The van der Waals surface area contributed by atoms with Crippen molar-refractivity contribution in [3.8, 4) is 0 Å². The van der Waals surface area contributed by atoms with Crippen LogP contribution in [-0.2, 0) is 11.3 Å². The first-order chi connectivity index (χ1) is 9.33. The zero-order chi connectivity index (χ0) is 13.8. The van der Waals surface area contributed by atoms with Gasteiger partial charge in [0.2, 0.25) is 0 Å². The van der Waals surface area contributed by atoms with Gasteiger partial charge >= 0.3 is 0 Å². The van der Waals surface area contributed by atoms with E-state index in [1.54, 1.807) is 0 Å². The summed E-state index contributed by atoms with van der Waals surface area (Å²) in [6, 6.07) is 10.0. The summed E-state index contributed by atoms with van der Waals surface area (Å²) in [5, 5.41) is 13.0. The maximum atomic E-state index is 9.74. The van der Waals surface area contributed by atoms with Crippen molar-refractivity contribution in [3.63, 3.8) is 0 Å². The number of aliphatic hydroxyl groups excluding tert-OH is 1. The SMILES string of the molecule is CSCCCCNCC(O)COCc1ccccc1. The minimum absolute atomic E-state index is 0.382. The zero-order valence-corrected chi connectivity index (χ0v) is 12.5. The molecular weight excluding hydrogens is 258 g/mol. The van der Waals surface area contributed by atoms with Crippen molar-refractivity contribution in [1.29, 1.82) is 0 Å². The molecule has 0 saturated carbocycles. The molecule has 0 aliphatic heterocycles. The lowest BCUT2D eigenvalue weighted by atomic mass is 10.2. The molecule has 0 bridgehead atoms. The van der Waals surface area contributed by atoms with Gasteiger partial charge in [0.15, 0.2) is 0 Å². The number of hydrogen-bond donors (Lipinski definition) is 2. The largest absolute Gasteiger partial charge is 0.389 e. The highest BCUT2D eigenvalue weighted by Gasteiger charge is 2.03. The molecule has 0 aliphatic rings. The molecule has 1 atom stereocenters. The highest BCUT2D eigenvalue weighted by molar-refractivity contribution is 7.98. The molecule has 1 rings (SSSR count). The number of benzene rings is 1. The molecule has 0 heterocycles. The fourth-order valence-corrected chi connectivity index (χ4v) is 2.20. The maximum absolute atomic E-state index is 9.74. The summed E-state index contributed by atoms with van der Waals surface area (Å²) in [5.41, 5.74) is 1.14. The number of unbranched alkanes of at least 4 members (excludes halogenated alkanes) is 1. The topological polar surface area (TPSA) is 41.5 Å². The number of ether oxygens (including phenoxy) is 1. The van der Waals surface area contributed by atoms with E-state index >= 15 is 0 Å². The van der Waals surface area contributed by atoms with Gasteiger partial charge in [-0.05, 0) is 37.0 Å². The van der Waals surface area contributed by atoms with Crippen LogP contribution in [-0.4, -0.2) is 42.9 Å². The van der Waals surface area contributed by atoms with Crippen LogP contribution in [0.15, 0.2) is 30.3 Å². The standard InChI is InChI=1S/C15H25NO2S/c1-19-10-6-5-9-16-11-15(17)13-18-12-14-7-3-2-4-8-14/h2-4,7-8,15-17H,5-6,9-13H2,1H3. The van der Waals surface area contributed by atoms with Crippen LogP contribution in [0, 0.1) is 0 Å². The number of nitrogens with one attached hydrogen (secondary N) is 1. The van der Waals surface area contributed by atoms with Gasteiger partial charge in [0, 0.05) is 6.54 Å². The van der Waals surface area contributed by atoms with Gasteiger partial charge in [0.1, 0.15) is 0 Å². The Morgan fingerprint density at radius 1 is 1.26 bits per heavy atom. The summed E-state index contributed by atoms with van der Waals surface area (Å²) in [4.78, 5) is 0. The van der Waals surface area contributed by atoms with Crippen molar-refractivity contribution >= 4 is 11.8 Å². The molecule has 2 N–H and O–H groups in total. The molecular formula is C15H25NO2S. The second-order valence-electron chi connectivity index (χ2n) is 4.56. The second kappa shape index (κ2) is 11.3. The van der Waals surface area contributed by atoms with Gasteiger partial charge in [-0.1, -0.05) is 30.3 Å². The highest BCUT2D eigenvalue weighted by atomic mass is 32.2. The van der Waals surface area contributed by atoms with Gasteiger partial charge in [0.25, 0.3) is 0 Å². The molecule has 0 saturated heterocycles. The third-order valence-electron chi connectivity index (χ3n) is 2.75. The normalized spacial score (nSPS) is 12.5. The quantitative estimate of drug-likeness (QED) is 0.612. The highest BCUT2D eigenvalue weighted by Crippen LogP contribution is 2.01. The molecule has 0 aromatic heterocycles. The zero-order valence-electron chi connectivity index (χ0n) is 11.7. The van der Waals surface area contributed by atoms with Crippen molar-refractivity contribution in [3.05, 3.63) is 35.9 Å². The van der Waals surface area contributed by atoms with Gasteiger partial charge in [-0.2, -0.15) is 11.8 Å². The van der Waals surface area contributed by atoms with E-state index in [1.165, 1.54) is 18.6 Å². The predicted molar refractivity (Wildman–Crippen MR) is 82.6 cm³/mol. The Hall–Kier alpha value is -0.550. The fourth-order valence-electron chi connectivity index (χ4n) is 1.71. The van der Waals surface area contributed by atoms with Crippen molar-refractivity contribution < 1.29 is 9.84 Å². The van der Waals surface area contributed by atoms with Crippen molar-refractivity contribution in [2.45, 2.75) is 25.6 Å². The van der Waals surface area contributed by atoms with Crippen LogP contribution >= 0.6 is 11.8 Å². The van der Waals surface area contributed by atoms with E-state index in [9.17, 15) is 5.11 Å². The van der Waals surface area contributed by atoms with Crippen LogP contribution in [0.2, 0.25) is 0 Å². The number of hydrogen-bond acceptors (Lipinski definition) is 4. The van der Waals surface area contributed by atoms with Crippen LogP contribution in [0.1, 0.15) is 18.4 Å². The van der Waals surface area contributed by atoms with Crippen LogP contribution in [0.4, 0.5) is 0 Å². The summed E-state index contributed by atoms with van der Waals surface area (Å²) in [6.07, 6.45) is 4.10. The summed E-state index contributed by atoms with van der Waals surface area (Å²) in [7, 11) is 0. The lowest BCUT2D eigenvalue weighted by Gasteiger charge is -2.12. The second-order valence-corrected chi connectivity index (χ2v) is 5.54. The van der Waals surface area contributed by atoms with E-state index in [0.29, 0.717) is 19.8 Å². The molecule has 0 radical (unpaired) electrons. The van der Waals surface area contributed by atoms with Crippen LogP contribution < -0.4 is 5.32 Å². The molecule has 1 unspecified atom stereocenters. The van der Waals surface area contributed by atoms with Gasteiger partial charge < -0.3 is 15.2 Å². The van der Waals surface area contributed by atoms with E-state index in [-0.39, 0.29) is 0 Å². The first-order valence-electron chi connectivity index (χ1n) is 6.82. The van der Waals surface area contributed by atoms with E-state index < -0.39 is 6.10 Å². The van der Waals surface area contributed by atoms with Gasteiger partial charge in [0.05, 0.1) is 19.3 Å². The van der Waals surface area contributed by atoms with Crippen LogP contribution in [0.5, 0.6) is 0 Å². The molecule has 0 aliphatic carbocycles. The third-order valence-corrected chi connectivity index (χ3v) is 3.45. The monoisotopic (exact) mass is 283 g/mol. The Kier molecular flexibility index (Phi) is 9.81. The van der Waals surface area contributed by atoms with Gasteiger partial charge in [-0.3, -0.25) is 0 Å². The van der Waals surface area contributed by atoms with Crippen LogP contribution in [0.3, 0.4) is 0 Å². The summed E-state index contributed by atoms with van der Waals surface area (Å²) in [6.45, 7) is 2.52. The lowest BCUT2D eigenvalue weighted by Crippen LogP contribution is -2.31. The van der Waals surface area contributed by atoms with E-state index in [2.05, 4.69) is 11.6 Å². The lowest BCUT2D eigenvalue weighted by molar-refractivity contribution is 0.0289. The molecule has 0 spiro atoms. The molecule has 1 aromatic rings. The number of aliphatic hydroxyl groups is 1.